The Morgan fingerprint density at radius 3 is 2.81 bits per heavy atom. The van der Waals surface area contributed by atoms with Crippen molar-refractivity contribution in [2.24, 2.45) is 0 Å². The van der Waals surface area contributed by atoms with Crippen molar-refractivity contribution in [3.63, 3.8) is 0 Å². The molecule has 2 aromatic rings. The van der Waals surface area contributed by atoms with E-state index in [1.165, 1.54) is 0 Å². The number of benzene rings is 2. The third-order valence-corrected chi connectivity index (χ3v) is 4.02. The number of nitrogens with one attached hydrogen (secondary N) is 1. The lowest BCUT2D eigenvalue weighted by molar-refractivity contribution is 0.0424. The van der Waals surface area contributed by atoms with Crippen molar-refractivity contribution >= 4 is 15.9 Å². The zero-order valence-corrected chi connectivity index (χ0v) is 12.7. The Bertz CT molecular complexity index is 647. The number of rotatable bonds is 3. The van der Waals surface area contributed by atoms with Gasteiger partial charge >= 0.3 is 0 Å². The van der Waals surface area contributed by atoms with Crippen LogP contribution in [0.25, 0.3) is 0 Å². The van der Waals surface area contributed by atoms with Crippen LogP contribution in [-0.2, 0) is 0 Å². The van der Waals surface area contributed by atoms with Crippen molar-refractivity contribution in [2.45, 2.75) is 12.4 Å². The number of hydrogen-bond donors (Lipinski definition) is 1. The number of ether oxygens (including phenoxy) is 3. The molecule has 0 spiro atoms. The Balaban J connectivity index is 1.63. The van der Waals surface area contributed by atoms with Gasteiger partial charge in [0.15, 0.2) is 11.5 Å². The van der Waals surface area contributed by atoms with E-state index < -0.39 is 6.29 Å². The molecule has 2 heterocycles. The number of fused-ring (bicyclic) bond motifs is 1. The summed E-state index contributed by atoms with van der Waals surface area (Å²) in [5, 5.41) is 3.20. The van der Waals surface area contributed by atoms with Crippen molar-refractivity contribution in [1.29, 1.82) is 0 Å². The van der Waals surface area contributed by atoms with E-state index in [0.29, 0.717) is 5.75 Å². The fourth-order valence-electron chi connectivity index (χ4n) is 2.30. The summed E-state index contributed by atoms with van der Waals surface area (Å²) >= 11 is 3.48. The van der Waals surface area contributed by atoms with E-state index in [0.717, 1.165) is 34.6 Å². The Morgan fingerprint density at radius 1 is 1.19 bits per heavy atom. The Hall–Kier alpha value is -1.72. The minimum Gasteiger partial charge on any atom is -0.487 e. The number of hydrogen-bond acceptors (Lipinski definition) is 4. The monoisotopic (exact) mass is 346 g/mol. The summed E-state index contributed by atoms with van der Waals surface area (Å²) in [6.45, 7) is 1.74. The van der Waals surface area contributed by atoms with Crippen LogP contribution in [0.3, 0.4) is 0 Å². The van der Waals surface area contributed by atoms with Crippen molar-refractivity contribution in [3.05, 3.63) is 52.5 Å². The third kappa shape index (κ3) is 2.47. The Kier molecular flexibility index (Phi) is 3.24. The van der Waals surface area contributed by atoms with Gasteiger partial charge in [-0.05, 0) is 36.4 Å². The maximum atomic E-state index is 6.01. The van der Waals surface area contributed by atoms with Crippen LogP contribution >= 0.6 is 15.9 Å². The van der Waals surface area contributed by atoms with Crippen molar-refractivity contribution in [3.8, 4) is 17.2 Å². The molecule has 1 unspecified atom stereocenters. The molecule has 2 aromatic carbocycles. The molecular weight excluding hydrogens is 334 g/mol. The van der Waals surface area contributed by atoms with Crippen LogP contribution in [-0.4, -0.2) is 19.2 Å². The smallest absolute Gasteiger partial charge is 0.271 e. The van der Waals surface area contributed by atoms with Crippen LogP contribution in [0.5, 0.6) is 17.2 Å². The van der Waals surface area contributed by atoms with E-state index in [2.05, 4.69) is 27.3 Å². The summed E-state index contributed by atoms with van der Waals surface area (Å²) in [5.74, 6) is 2.23. The molecule has 1 fully saturated rings. The molecule has 1 saturated heterocycles. The quantitative estimate of drug-likeness (QED) is 0.927. The van der Waals surface area contributed by atoms with Crippen molar-refractivity contribution in [1.82, 2.24) is 5.32 Å². The molecule has 21 heavy (non-hydrogen) atoms. The Morgan fingerprint density at radius 2 is 2.05 bits per heavy atom. The average molecular weight is 347 g/mol. The van der Waals surface area contributed by atoms with E-state index >= 15 is 0 Å². The standard InChI is InChI=1S/C16H13BrNO3/c17-10-5-6-12(15(7-10)19-11-8-18-9-11)16-20-13-3-1-2-4-14(13)21-16/h1,3-7,11,16,18H,8-9H2. The third-order valence-electron chi connectivity index (χ3n) is 3.52. The van der Waals surface area contributed by atoms with Gasteiger partial charge in [-0.15, -0.1) is 0 Å². The van der Waals surface area contributed by atoms with E-state index in [4.69, 9.17) is 14.2 Å². The predicted octanol–water partition coefficient (Wildman–Crippen LogP) is 3.07. The zero-order valence-electron chi connectivity index (χ0n) is 11.1. The van der Waals surface area contributed by atoms with Gasteiger partial charge in [0.1, 0.15) is 11.9 Å². The van der Waals surface area contributed by atoms with Gasteiger partial charge in [0.05, 0.1) is 5.56 Å². The van der Waals surface area contributed by atoms with Crippen molar-refractivity contribution < 1.29 is 14.2 Å². The summed E-state index contributed by atoms with van der Waals surface area (Å²) in [5.41, 5.74) is 0.890. The highest BCUT2D eigenvalue weighted by Crippen LogP contribution is 2.42. The first kappa shape index (κ1) is 13.0. The van der Waals surface area contributed by atoms with Crippen LogP contribution in [0.2, 0.25) is 0 Å². The topological polar surface area (TPSA) is 39.7 Å². The van der Waals surface area contributed by atoms with Gasteiger partial charge in [0, 0.05) is 17.6 Å². The van der Waals surface area contributed by atoms with Gasteiger partial charge in [-0.1, -0.05) is 22.0 Å². The summed E-state index contributed by atoms with van der Waals surface area (Å²) in [6, 6.07) is 14.3. The molecular formula is C16H13BrNO3. The second kappa shape index (κ2) is 5.24. The Labute approximate surface area is 131 Å². The lowest BCUT2D eigenvalue weighted by atomic mass is 10.1. The lowest BCUT2D eigenvalue weighted by Gasteiger charge is -2.29. The largest absolute Gasteiger partial charge is 0.487 e. The first-order valence-electron chi connectivity index (χ1n) is 6.80. The van der Waals surface area contributed by atoms with E-state index in [1.807, 2.05) is 30.3 Å². The van der Waals surface area contributed by atoms with Crippen LogP contribution in [0, 0.1) is 6.07 Å². The van der Waals surface area contributed by atoms with Crippen LogP contribution < -0.4 is 19.5 Å². The van der Waals surface area contributed by atoms with Crippen molar-refractivity contribution in [2.75, 3.05) is 13.1 Å². The molecule has 2 aliphatic rings. The molecule has 4 nitrogen and oxygen atoms in total. The van der Waals surface area contributed by atoms with E-state index in [1.54, 1.807) is 6.07 Å². The van der Waals surface area contributed by atoms with Crippen LogP contribution in [0.1, 0.15) is 11.9 Å². The molecule has 5 heteroatoms. The summed E-state index contributed by atoms with van der Waals surface area (Å²) in [4.78, 5) is 0. The lowest BCUT2D eigenvalue weighted by Crippen LogP contribution is -2.50. The molecule has 1 radical (unpaired) electrons. The molecule has 0 aromatic heterocycles. The first-order chi connectivity index (χ1) is 10.3. The highest BCUT2D eigenvalue weighted by Gasteiger charge is 2.29. The van der Waals surface area contributed by atoms with Gasteiger partial charge in [-0.25, -0.2) is 0 Å². The van der Waals surface area contributed by atoms with E-state index in [-0.39, 0.29) is 6.10 Å². The number of halogens is 1. The highest BCUT2D eigenvalue weighted by atomic mass is 79.9. The summed E-state index contributed by atoms with van der Waals surface area (Å²) in [7, 11) is 0. The van der Waals surface area contributed by atoms with Gasteiger partial charge in [0.2, 0.25) is 0 Å². The summed E-state index contributed by atoms with van der Waals surface area (Å²) < 4.78 is 18.7. The molecule has 107 valence electrons. The van der Waals surface area contributed by atoms with Crippen LogP contribution in [0.15, 0.2) is 40.9 Å². The SMILES string of the molecule is Brc1ccc(C2Oc3c[c]ccc3O2)c(OC2CNC2)c1. The maximum Gasteiger partial charge on any atom is 0.271 e. The first-order valence-corrected chi connectivity index (χ1v) is 7.59. The normalized spacial score (nSPS) is 17.6. The van der Waals surface area contributed by atoms with Gasteiger partial charge in [-0.3, -0.25) is 0 Å². The fraction of sp³-hybridized carbons (Fsp3) is 0.250. The van der Waals surface area contributed by atoms with Gasteiger partial charge in [0.25, 0.3) is 6.29 Å². The molecule has 2 aliphatic heterocycles. The zero-order chi connectivity index (χ0) is 14.2. The predicted molar refractivity (Wildman–Crippen MR) is 80.7 cm³/mol. The van der Waals surface area contributed by atoms with E-state index in [9.17, 15) is 0 Å². The molecule has 0 aliphatic carbocycles. The van der Waals surface area contributed by atoms with Gasteiger partial charge in [-0.2, -0.15) is 0 Å². The minimum atomic E-state index is -0.480. The average Bonchev–Trinajstić information content (AvgIpc) is 2.86. The highest BCUT2D eigenvalue weighted by molar-refractivity contribution is 9.10. The second-order valence-electron chi connectivity index (χ2n) is 5.02. The molecule has 0 saturated carbocycles. The molecule has 1 atom stereocenters. The second-order valence-corrected chi connectivity index (χ2v) is 5.94. The fourth-order valence-corrected chi connectivity index (χ4v) is 2.64. The molecule has 4 rings (SSSR count). The molecule has 0 bridgehead atoms. The minimum absolute atomic E-state index is 0.204. The summed E-state index contributed by atoms with van der Waals surface area (Å²) in [6.07, 6.45) is -0.276. The van der Waals surface area contributed by atoms with Crippen LogP contribution in [0.4, 0.5) is 0 Å². The van der Waals surface area contributed by atoms with Gasteiger partial charge < -0.3 is 19.5 Å². The molecule has 0 amide bonds. The molecule has 1 N–H and O–H groups in total. The maximum absolute atomic E-state index is 6.01.